The number of aromatic nitrogens is 2. The van der Waals surface area contributed by atoms with Gasteiger partial charge in [-0.05, 0) is 142 Å². The number of nitrogens with zero attached hydrogens (tertiary/aromatic N) is 4. The normalized spacial score (nSPS) is 12.0. The van der Waals surface area contributed by atoms with Gasteiger partial charge in [-0.3, -0.25) is 0 Å². The summed E-state index contributed by atoms with van der Waals surface area (Å²) in [5.74, 6) is 0. The van der Waals surface area contributed by atoms with Crippen molar-refractivity contribution in [3.05, 3.63) is 340 Å². The molecule has 2 aliphatic rings. The monoisotopic (exact) mass is 1120 g/mol. The highest BCUT2D eigenvalue weighted by atomic mass is 15.2. The molecule has 0 saturated heterocycles. The Bertz CT molecular complexity index is 4750. The Hall–Kier alpha value is -11.7. The Morgan fingerprint density at radius 2 is 0.341 bits per heavy atom. The third-order valence-electron chi connectivity index (χ3n) is 17.9. The van der Waals surface area contributed by atoms with Crippen molar-refractivity contribution in [3.8, 4) is 78.1 Å². The highest BCUT2D eigenvalue weighted by molar-refractivity contribution is 6.11. The van der Waals surface area contributed by atoms with Crippen LogP contribution in [-0.4, -0.2) is 9.13 Å². The molecule has 16 aromatic rings. The maximum absolute atomic E-state index is 2.41. The van der Waals surface area contributed by atoms with Crippen LogP contribution in [0.25, 0.3) is 122 Å². The molecule has 0 fully saturated rings. The van der Waals surface area contributed by atoms with E-state index >= 15 is 0 Å². The first-order valence-electron chi connectivity index (χ1n) is 30.2. The lowest BCUT2D eigenvalue weighted by Crippen LogP contribution is -2.11. The van der Waals surface area contributed by atoms with Crippen molar-refractivity contribution in [2.75, 3.05) is 9.80 Å². The van der Waals surface area contributed by atoms with E-state index in [1.54, 1.807) is 0 Å². The Balaban J connectivity index is 0.000000142. The molecule has 0 bridgehead atoms. The summed E-state index contributed by atoms with van der Waals surface area (Å²) in [7, 11) is 0. The van der Waals surface area contributed by atoms with Gasteiger partial charge in [0.15, 0.2) is 0 Å². The van der Waals surface area contributed by atoms with Crippen LogP contribution in [0.1, 0.15) is 0 Å². The first kappa shape index (κ1) is 50.8. The minimum atomic E-state index is 1.13. The van der Waals surface area contributed by atoms with Gasteiger partial charge >= 0.3 is 0 Å². The molecular formula is C84H56N4. The molecule has 4 heteroatoms. The molecule has 18 rings (SSSR count). The predicted octanol–water partition coefficient (Wildman–Crippen LogP) is 23.1. The second kappa shape index (κ2) is 21.1. The smallest absolute Gasteiger partial charge is 0.0541 e. The van der Waals surface area contributed by atoms with E-state index in [4.69, 9.17) is 0 Å². The predicted molar refractivity (Wildman–Crippen MR) is 371 cm³/mol. The lowest BCUT2D eigenvalue weighted by atomic mass is 9.95. The van der Waals surface area contributed by atoms with Gasteiger partial charge in [0.05, 0.1) is 44.8 Å². The maximum atomic E-state index is 2.41. The molecule has 88 heavy (non-hydrogen) atoms. The van der Waals surface area contributed by atoms with Crippen molar-refractivity contribution < 1.29 is 0 Å². The van der Waals surface area contributed by atoms with Gasteiger partial charge in [-0.1, -0.05) is 243 Å². The summed E-state index contributed by atoms with van der Waals surface area (Å²) >= 11 is 0. The summed E-state index contributed by atoms with van der Waals surface area (Å²) in [4.78, 5) is 4.81. The molecule has 4 heterocycles. The van der Waals surface area contributed by atoms with Crippen LogP contribution < -0.4 is 9.80 Å². The molecular weight excluding hydrogens is 1060 g/mol. The fraction of sp³-hybridized carbons (Fsp3) is 0. The largest absolute Gasteiger partial charge is 0.309 e. The molecule has 0 atom stereocenters. The Kier molecular flexibility index (Phi) is 12.2. The minimum absolute atomic E-state index is 1.13. The maximum Gasteiger partial charge on any atom is 0.0541 e. The molecule has 2 aliphatic heterocycles. The van der Waals surface area contributed by atoms with Gasteiger partial charge < -0.3 is 18.9 Å². The van der Waals surface area contributed by atoms with E-state index in [0.29, 0.717) is 0 Å². The van der Waals surface area contributed by atoms with Crippen LogP contribution in [0.5, 0.6) is 0 Å². The number of hydrogen-bond acceptors (Lipinski definition) is 2. The molecule has 2 aromatic heterocycles. The second-order valence-corrected chi connectivity index (χ2v) is 22.8. The van der Waals surface area contributed by atoms with Gasteiger partial charge in [-0.15, -0.1) is 0 Å². The van der Waals surface area contributed by atoms with Gasteiger partial charge in [0, 0.05) is 66.5 Å². The zero-order chi connectivity index (χ0) is 58.1. The second-order valence-electron chi connectivity index (χ2n) is 22.8. The lowest BCUT2D eigenvalue weighted by Gasteiger charge is -2.28. The van der Waals surface area contributed by atoms with Crippen molar-refractivity contribution in [1.29, 1.82) is 0 Å². The molecule has 412 valence electrons. The van der Waals surface area contributed by atoms with Crippen LogP contribution >= 0.6 is 0 Å². The number of benzene rings is 14. The zero-order valence-corrected chi connectivity index (χ0v) is 48.1. The number of fused-ring (bicyclic) bond motifs is 16. The van der Waals surface area contributed by atoms with Gasteiger partial charge in [-0.25, -0.2) is 0 Å². The topological polar surface area (TPSA) is 16.3 Å². The van der Waals surface area contributed by atoms with Crippen LogP contribution in [-0.2, 0) is 0 Å². The summed E-state index contributed by atoms with van der Waals surface area (Å²) in [6, 6.07) is 123. The standard InChI is InChI=1S/C48H32N2.C36H24N2/c1-2-14-38-37(13-1)41-17-5-9-21-45(41)49(46-22-10-6-18-42(38)46)35-29-25-33(26-30-35)34-27-31-36(32-28-34)50-47-23-11-7-19-43(47)39-15-3-4-16-40(39)44-20-8-12-24-48(44)50;1-5-13-33-29(9-1)30-10-2-6-14-34(30)37(33)27-21-17-25(18-22-27)26-19-23-28(24-20-26)38-35-15-7-3-11-31(35)32-12-4-8-16-36(32)38/h1-32H;1-24H. The van der Waals surface area contributed by atoms with E-state index in [-0.39, 0.29) is 0 Å². The quantitative estimate of drug-likeness (QED) is 0.165. The van der Waals surface area contributed by atoms with E-state index in [9.17, 15) is 0 Å². The van der Waals surface area contributed by atoms with Crippen LogP contribution in [0, 0.1) is 0 Å². The Labute approximate surface area is 511 Å². The van der Waals surface area contributed by atoms with E-state index < -0.39 is 0 Å². The van der Waals surface area contributed by atoms with Crippen LogP contribution in [0.3, 0.4) is 0 Å². The average Bonchev–Trinajstić information content (AvgIpc) is 2.55. The fourth-order valence-corrected chi connectivity index (χ4v) is 13.9. The lowest BCUT2D eigenvalue weighted by molar-refractivity contribution is 1.18. The number of para-hydroxylation sites is 8. The van der Waals surface area contributed by atoms with Gasteiger partial charge in [-0.2, -0.15) is 0 Å². The SMILES string of the molecule is c1ccc2c(c1)-c1ccccc1N(c1ccc(-c3ccc(N4c5ccccc5-c5ccccc5-c5ccccc54)cc3)cc1)c1ccccc1-2.c1ccc2c(c1)c1ccccc1n2-c1ccc(-c2ccc(-n3c4ccccc4c4ccccc43)cc2)cc1. The van der Waals surface area contributed by atoms with Crippen molar-refractivity contribution in [2.24, 2.45) is 0 Å². The van der Waals surface area contributed by atoms with Gasteiger partial charge in [0.2, 0.25) is 0 Å². The first-order valence-corrected chi connectivity index (χ1v) is 30.2. The first-order chi connectivity index (χ1) is 43.7. The summed E-state index contributed by atoms with van der Waals surface area (Å²) < 4.78 is 4.72. The van der Waals surface area contributed by atoms with Crippen molar-refractivity contribution in [2.45, 2.75) is 0 Å². The van der Waals surface area contributed by atoms with Gasteiger partial charge in [0.25, 0.3) is 0 Å². The molecule has 14 aromatic carbocycles. The average molecular weight is 1120 g/mol. The number of hydrogen-bond donors (Lipinski definition) is 0. The molecule has 0 saturated carbocycles. The van der Waals surface area contributed by atoms with Crippen LogP contribution in [0.4, 0.5) is 34.1 Å². The molecule has 0 radical (unpaired) electrons. The summed E-state index contributed by atoms with van der Waals surface area (Å²) in [5, 5.41) is 5.14. The van der Waals surface area contributed by atoms with E-state index in [1.165, 1.54) is 144 Å². The van der Waals surface area contributed by atoms with Crippen molar-refractivity contribution in [1.82, 2.24) is 9.13 Å². The third-order valence-corrected chi connectivity index (χ3v) is 17.9. The summed E-state index contributed by atoms with van der Waals surface area (Å²) in [6.07, 6.45) is 0. The number of rotatable bonds is 6. The highest BCUT2D eigenvalue weighted by Gasteiger charge is 2.28. The van der Waals surface area contributed by atoms with Crippen molar-refractivity contribution in [3.63, 3.8) is 0 Å². The Morgan fingerprint density at radius 3 is 0.591 bits per heavy atom. The molecule has 0 amide bonds. The van der Waals surface area contributed by atoms with Gasteiger partial charge in [0.1, 0.15) is 0 Å². The Morgan fingerprint density at radius 1 is 0.148 bits per heavy atom. The van der Waals surface area contributed by atoms with Crippen LogP contribution in [0.15, 0.2) is 340 Å². The minimum Gasteiger partial charge on any atom is -0.309 e. The fourth-order valence-electron chi connectivity index (χ4n) is 13.9. The molecule has 4 nitrogen and oxygen atoms in total. The summed E-state index contributed by atoms with van der Waals surface area (Å²) in [5.41, 5.74) is 29.0. The third kappa shape index (κ3) is 8.37. The summed E-state index contributed by atoms with van der Waals surface area (Å²) in [6.45, 7) is 0. The molecule has 0 unspecified atom stereocenters. The molecule has 0 spiro atoms. The highest BCUT2D eigenvalue weighted by Crippen LogP contribution is 2.53. The van der Waals surface area contributed by atoms with E-state index in [0.717, 1.165) is 11.4 Å². The molecule has 0 aliphatic carbocycles. The van der Waals surface area contributed by atoms with Crippen molar-refractivity contribution >= 4 is 77.7 Å². The zero-order valence-electron chi connectivity index (χ0n) is 48.1. The van der Waals surface area contributed by atoms with E-state index in [1.807, 2.05) is 0 Å². The van der Waals surface area contributed by atoms with E-state index in [2.05, 4.69) is 359 Å². The molecule has 0 N–H and O–H groups in total. The van der Waals surface area contributed by atoms with Crippen LogP contribution in [0.2, 0.25) is 0 Å². The number of anilines is 6.